The summed E-state index contributed by atoms with van der Waals surface area (Å²) in [7, 11) is 0. The summed E-state index contributed by atoms with van der Waals surface area (Å²) in [6, 6.07) is 4.22. The number of amidine groups is 1. The summed E-state index contributed by atoms with van der Waals surface area (Å²) in [6.45, 7) is 4.53. The molecule has 1 aromatic heterocycles. The van der Waals surface area contributed by atoms with E-state index in [4.69, 9.17) is 15.9 Å². The second-order valence-corrected chi connectivity index (χ2v) is 4.14. The molecule has 1 fully saturated rings. The van der Waals surface area contributed by atoms with Crippen LogP contribution in [0.4, 0.5) is 5.69 Å². The average Bonchev–Trinajstić information content (AvgIpc) is 2.39. The summed E-state index contributed by atoms with van der Waals surface area (Å²) in [5.41, 5.74) is 7.06. The molecule has 0 saturated carbocycles. The zero-order valence-electron chi connectivity index (χ0n) is 10.0. The highest BCUT2D eigenvalue weighted by Crippen LogP contribution is 2.21. The third-order valence-electron chi connectivity index (χ3n) is 3.05. The van der Waals surface area contributed by atoms with E-state index < -0.39 is 0 Å². The lowest BCUT2D eigenvalue weighted by atomic mass is 10.1. The Balaban J connectivity index is 2.25. The smallest absolute Gasteiger partial charge is 0.141 e. The maximum atomic E-state index is 7.41. The normalized spacial score (nSPS) is 20.3. The van der Waals surface area contributed by atoms with E-state index in [0.29, 0.717) is 11.7 Å². The van der Waals surface area contributed by atoms with Crippen LogP contribution in [0.1, 0.15) is 19.0 Å². The van der Waals surface area contributed by atoms with E-state index in [1.807, 2.05) is 12.1 Å². The number of nitrogens with one attached hydrogen (secondary N) is 1. The van der Waals surface area contributed by atoms with E-state index in [2.05, 4.69) is 16.8 Å². The number of aromatic nitrogens is 1. The largest absolute Gasteiger partial charge is 0.382 e. The first kappa shape index (κ1) is 11.9. The predicted molar refractivity (Wildman–Crippen MR) is 67.5 cm³/mol. The molecule has 0 aromatic carbocycles. The molecule has 0 bridgehead atoms. The number of morpholine rings is 1. The van der Waals surface area contributed by atoms with Crippen LogP contribution in [0.5, 0.6) is 0 Å². The maximum absolute atomic E-state index is 7.41. The van der Waals surface area contributed by atoms with E-state index in [1.165, 1.54) is 0 Å². The minimum absolute atomic E-state index is 0.00755. The fourth-order valence-electron chi connectivity index (χ4n) is 2.08. The lowest BCUT2D eigenvalue weighted by molar-refractivity contribution is 0.0930. The van der Waals surface area contributed by atoms with E-state index in [0.717, 1.165) is 31.9 Å². The first-order chi connectivity index (χ1) is 8.22. The molecule has 5 nitrogen and oxygen atoms in total. The number of ether oxygens (including phenoxy) is 1. The van der Waals surface area contributed by atoms with Gasteiger partial charge < -0.3 is 15.4 Å². The van der Waals surface area contributed by atoms with Crippen molar-refractivity contribution in [2.24, 2.45) is 5.73 Å². The summed E-state index contributed by atoms with van der Waals surface area (Å²) in [5, 5.41) is 7.41. The average molecular weight is 234 g/mol. The van der Waals surface area contributed by atoms with Crippen LogP contribution in [-0.4, -0.2) is 36.6 Å². The summed E-state index contributed by atoms with van der Waals surface area (Å²) in [4.78, 5) is 6.38. The van der Waals surface area contributed by atoms with Gasteiger partial charge in [-0.2, -0.15) is 0 Å². The maximum Gasteiger partial charge on any atom is 0.141 e. The van der Waals surface area contributed by atoms with Gasteiger partial charge in [0.2, 0.25) is 0 Å². The van der Waals surface area contributed by atoms with Crippen LogP contribution in [0.15, 0.2) is 18.3 Å². The van der Waals surface area contributed by atoms with Gasteiger partial charge in [-0.1, -0.05) is 6.92 Å². The lowest BCUT2D eigenvalue weighted by Crippen LogP contribution is -2.45. The Hall–Kier alpha value is -1.62. The van der Waals surface area contributed by atoms with Gasteiger partial charge in [0.25, 0.3) is 0 Å². The Morgan fingerprint density at radius 3 is 3.24 bits per heavy atom. The third-order valence-corrected chi connectivity index (χ3v) is 3.05. The number of nitrogens with two attached hydrogens (primary N) is 1. The highest BCUT2D eigenvalue weighted by atomic mass is 16.5. The van der Waals surface area contributed by atoms with Crippen molar-refractivity contribution in [3.05, 3.63) is 24.0 Å². The van der Waals surface area contributed by atoms with Gasteiger partial charge in [-0.25, -0.2) is 0 Å². The van der Waals surface area contributed by atoms with Crippen molar-refractivity contribution in [3.8, 4) is 0 Å². The second kappa shape index (κ2) is 5.14. The number of nitrogens with zero attached hydrogens (tertiary/aromatic N) is 2. The van der Waals surface area contributed by atoms with Crippen molar-refractivity contribution in [2.45, 2.75) is 19.4 Å². The molecule has 2 rings (SSSR count). The molecule has 0 amide bonds. The predicted octanol–water partition coefficient (Wildman–Crippen LogP) is 0.981. The molecule has 2 heterocycles. The number of hydrogen-bond donors (Lipinski definition) is 2. The van der Waals surface area contributed by atoms with Crippen molar-refractivity contribution in [2.75, 3.05) is 24.7 Å². The Morgan fingerprint density at radius 1 is 1.71 bits per heavy atom. The number of anilines is 1. The van der Waals surface area contributed by atoms with Crippen LogP contribution in [0, 0.1) is 5.41 Å². The van der Waals surface area contributed by atoms with Gasteiger partial charge >= 0.3 is 0 Å². The molecular formula is C12H18N4O. The fraction of sp³-hybridized carbons (Fsp3) is 0.500. The Bertz CT molecular complexity index is 407. The SMILES string of the molecule is CCC1COCCN1c1ccnc(C(=N)N)c1. The summed E-state index contributed by atoms with van der Waals surface area (Å²) in [6.07, 6.45) is 2.74. The van der Waals surface area contributed by atoms with Crippen LogP contribution < -0.4 is 10.6 Å². The molecule has 92 valence electrons. The zero-order valence-corrected chi connectivity index (χ0v) is 10.0. The molecular weight excluding hydrogens is 216 g/mol. The van der Waals surface area contributed by atoms with Gasteiger partial charge in [0.05, 0.1) is 19.3 Å². The van der Waals surface area contributed by atoms with Crippen molar-refractivity contribution in [3.63, 3.8) is 0 Å². The molecule has 1 aliphatic heterocycles. The number of pyridine rings is 1. The quantitative estimate of drug-likeness (QED) is 0.604. The highest BCUT2D eigenvalue weighted by molar-refractivity contribution is 5.93. The molecule has 17 heavy (non-hydrogen) atoms. The van der Waals surface area contributed by atoms with Gasteiger partial charge in [0.1, 0.15) is 11.5 Å². The summed E-state index contributed by atoms with van der Waals surface area (Å²) < 4.78 is 5.48. The fourth-order valence-corrected chi connectivity index (χ4v) is 2.08. The van der Waals surface area contributed by atoms with Gasteiger partial charge in [-0.15, -0.1) is 0 Å². The number of nitrogen functional groups attached to an aromatic ring is 1. The van der Waals surface area contributed by atoms with Gasteiger partial charge in [-0.05, 0) is 18.6 Å². The summed E-state index contributed by atoms with van der Waals surface area (Å²) in [5.74, 6) is 0.00755. The van der Waals surface area contributed by atoms with Crippen molar-refractivity contribution in [1.82, 2.24) is 4.98 Å². The van der Waals surface area contributed by atoms with Crippen LogP contribution in [0.3, 0.4) is 0 Å². The lowest BCUT2D eigenvalue weighted by Gasteiger charge is -2.37. The summed E-state index contributed by atoms with van der Waals surface area (Å²) >= 11 is 0. The van der Waals surface area contributed by atoms with E-state index in [1.54, 1.807) is 6.20 Å². The topological polar surface area (TPSA) is 75.2 Å². The van der Waals surface area contributed by atoms with Crippen LogP contribution in [0.25, 0.3) is 0 Å². The Labute approximate surface area is 101 Å². The Morgan fingerprint density at radius 2 is 2.53 bits per heavy atom. The molecule has 1 aliphatic rings. The van der Waals surface area contributed by atoms with E-state index >= 15 is 0 Å². The van der Waals surface area contributed by atoms with Crippen molar-refractivity contribution >= 4 is 11.5 Å². The minimum Gasteiger partial charge on any atom is -0.382 e. The molecule has 0 radical (unpaired) electrons. The standard InChI is InChI=1S/C12H18N4O/c1-2-9-8-17-6-5-16(9)10-3-4-15-11(7-10)12(13)14/h3-4,7,9H,2,5-6,8H2,1H3,(H3,13,14). The molecule has 3 N–H and O–H groups in total. The molecule has 0 spiro atoms. The minimum atomic E-state index is 0.00755. The van der Waals surface area contributed by atoms with Crippen LogP contribution in [0.2, 0.25) is 0 Å². The molecule has 1 unspecified atom stereocenters. The molecule has 1 aromatic rings. The van der Waals surface area contributed by atoms with Gasteiger partial charge in [0, 0.05) is 18.4 Å². The monoisotopic (exact) mass is 234 g/mol. The molecule has 5 heteroatoms. The molecule has 1 atom stereocenters. The zero-order chi connectivity index (χ0) is 12.3. The molecule has 1 saturated heterocycles. The van der Waals surface area contributed by atoms with E-state index in [9.17, 15) is 0 Å². The van der Waals surface area contributed by atoms with Gasteiger partial charge in [0.15, 0.2) is 0 Å². The number of hydrogen-bond acceptors (Lipinski definition) is 4. The second-order valence-electron chi connectivity index (χ2n) is 4.14. The van der Waals surface area contributed by atoms with Crippen molar-refractivity contribution in [1.29, 1.82) is 5.41 Å². The first-order valence-electron chi connectivity index (χ1n) is 5.87. The van der Waals surface area contributed by atoms with Crippen LogP contribution >= 0.6 is 0 Å². The molecule has 0 aliphatic carbocycles. The Kier molecular flexibility index (Phi) is 3.58. The first-order valence-corrected chi connectivity index (χ1v) is 5.87. The highest BCUT2D eigenvalue weighted by Gasteiger charge is 2.21. The van der Waals surface area contributed by atoms with Gasteiger partial charge in [-0.3, -0.25) is 10.4 Å². The number of rotatable bonds is 3. The van der Waals surface area contributed by atoms with Crippen molar-refractivity contribution < 1.29 is 4.74 Å². The van der Waals surface area contributed by atoms with Crippen LogP contribution in [-0.2, 0) is 4.74 Å². The van der Waals surface area contributed by atoms with E-state index in [-0.39, 0.29) is 5.84 Å². The third kappa shape index (κ3) is 2.55.